The minimum atomic E-state index is 0.243. The minimum Gasteiger partial charge on any atom is -0.295 e. The molecule has 9 atom stereocenters. The molecule has 0 saturated heterocycles. The number of fused-ring (bicyclic) bond motifs is 7. The molecule has 0 aliphatic heterocycles. The summed E-state index contributed by atoms with van der Waals surface area (Å²) in [6.45, 7) is 7.25. The second kappa shape index (κ2) is 4.54. The van der Waals surface area contributed by atoms with Crippen molar-refractivity contribution in [3.63, 3.8) is 0 Å². The minimum absolute atomic E-state index is 0.243. The third kappa shape index (κ3) is 1.65. The van der Waals surface area contributed by atoms with E-state index in [-0.39, 0.29) is 10.8 Å². The van der Waals surface area contributed by atoms with E-state index < -0.39 is 0 Å². The van der Waals surface area contributed by atoms with E-state index in [9.17, 15) is 10.1 Å². The van der Waals surface area contributed by atoms with Crippen molar-refractivity contribution in [3.8, 4) is 6.07 Å². The Balaban J connectivity index is 1.56. The highest BCUT2D eigenvalue weighted by Crippen LogP contribution is 2.75. The van der Waals surface area contributed by atoms with E-state index in [1.807, 2.05) is 6.08 Å². The molecule has 0 heterocycles. The lowest BCUT2D eigenvalue weighted by atomic mass is 9.44. The van der Waals surface area contributed by atoms with Gasteiger partial charge in [0.15, 0.2) is 5.78 Å². The first-order valence-corrected chi connectivity index (χ1v) is 10.0. The zero-order chi connectivity index (χ0) is 16.9. The van der Waals surface area contributed by atoms with Crippen LogP contribution >= 0.6 is 0 Å². The normalized spacial score (nSPS) is 57.8. The molecule has 5 rings (SSSR count). The molecule has 2 heteroatoms. The van der Waals surface area contributed by atoms with Crippen LogP contribution in [0.2, 0.25) is 0 Å². The van der Waals surface area contributed by atoms with Crippen molar-refractivity contribution in [1.82, 2.24) is 0 Å². The summed E-state index contributed by atoms with van der Waals surface area (Å²) in [6.07, 6.45) is 8.88. The highest BCUT2D eigenvalue weighted by atomic mass is 16.1. The van der Waals surface area contributed by atoms with Crippen LogP contribution in [0.15, 0.2) is 11.6 Å². The van der Waals surface area contributed by atoms with Gasteiger partial charge >= 0.3 is 0 Å². The van der Waals surface area contributed by atoms with Gasteiger partial charge < -0.3 is 0 Å². The Morgan fingerprint density at radius 3 is 2.71 bits per heavy atom. The average molecular weight is 323 g/mol. The molecule has 0 aromatic rings. The molecule has 0 N–H and O–H groups in total. The molecule has 0 aromatic carbocycles. The van der Waals surface area contributed by atoms with Crippen LogP contribution in [0.4, 0.5) is 0 Å². The summed E-state index contributed by atoms with van der Waals surface area (Å²) in [5.74, 6) is 5.02. The predicted octanol–water partition coefficient (Wildman–Crippen LogP) is 4.76. The zero-order valence-electron chi connectivity index (χ0n) is 15.2. The number of nitriles is 1. The van der Waals surface area contributed by atoms with Crippen LogP contribution in [0.3, 0.4) is 0 Å². The van der Waals surface area contributed by atoms with Gasteiger partial charge in [-0.3, -0.25) is 4.79 Å². The van der Waals surface area contributed by atoms with Gasteiger partial charge in [-0.15, -0.1) is 0 Å². The van der Waals surface area contributed by atoms with Gasteiger partial charge in [0, 0.05) is 6.42 Å². The molecule has 0 unspecified atom stereocenters. The van der Waals surface area contributed by atoms with E-state index in [2.05, 4.69) is 26.8 Å². The molecule has 2 nitrogen and oxygen atoms in total. The monoisotopic (exact) mass is 323 g/mol. The van der Waals surface area contributed by atoms with Crippen LogP contribution in [-0.4, -0.2) is 5.78 Å². The molecule has 0 bridgehead atoms. The highest BCUT2D eigenvalue weighted by molar-refractivity contribution is 5.91. The largest absolute Gasteiger partial charge is 0.295 e. The van der Waals surface area contributed by atoms with E-state index in [1.54, 1.807) is 0 Å². The maximum atomic E-state index is 12.0. The van der Waals surface area contributed by atoms with Gasteiger partial charge in [0.05, 0.1) is 12.0 Å². The zero-order valence-corrected chi connectivity index (χ0v) is 15.2. The van der Waals surface area contributed by atoms with Crippen LogP contribution in [0.25, 0.3) is 0 Å². The molecule has 4 saturated carbocycles. The van der Waals surface area contributed by atoms with Gasteiger partial charge in [0.1, 0.15) is 0 Å². The predicted molar refractivity (Wildman–Crippen MR) is 92.7 cm³/mol. The second-order valence-electron chi connectivity index (χ2n) is 10.1. The van der Waals surface area contributed by atoms with Crippen molar-refractivity contribution in [3.05, 3.63) is 11.6 Å². The van der Waals surface area contributed by atoms with Crippen molar-refractivity contribution in [2.45, 2.75) is 59.3 Å². The second-order valence-corrected chi connectivity index (χ2v) is 10.1. The smallest absolute Gasteiger partial charge is 0.155 e. The molecule has 128 valence electrons. The van der Waals surface area contributed by atoms with Crippen molar-refractivity contribution >= 4 is 5.78 Å². The Morgan fingerprint density at radius 1 is 1.17 bits per heavy atom. The Labute approximate surface area is 145 Å². The number of ketones is 1. The summed E-state index contributed by atoms with van der Waals surface area (Å²) in [6, 6.07) is 2.72. The van der Waals surface area contributed by atoms with Gasteiger partial charge in [-0.25, -0.2) is 0 Å². The average Bonchev–Trinajstić information content (AvgIpc) is 3.24. The van der Waals surface area contributed by atoms with E-state index in [0.29, 0.717) is 23.5 Å². The molecule has 0 radical (unpaired) electrons. The van der Waals surface area contributed by atoms with Crippen LogP contribution in [0.5, 0.6) is 0 Å². The summed E-state index contributed by atoms with van der Waals surface area (Å²) < 4.78 is 0. The Kier molecular flexibility index (Phi) is 2.87. The van der Waals surface area contributed by atoms with Crippen LogP contribution < -0.4 is 0 Å². The van der Waals surface area contributed by atoms with Gasteiger partial charge in [-0.05, 0) is 84.5 Å². The van der Waals surface area contributed by atoms with Crippen molar-refractivity contribution in [2.75, 3.05) is 0 Å². The van der Waals surface area contributed by atoms with Gasteiger partial charge in [-0.1, -0.05) is 26.3 Å². The summed E-state index contributed by atoms with van der Waals surface area (Å²) in [4.78, 5) is 12.0. The molecule has 24 heavy (non-hydrogen) atoms. The van der Waals surface area contributed by atoms with Crippen molar-refractivity contribution < 1.29 is 4.79 Å². The Morgan fingerprint density at radius 2 is 1.96 bits per heavy atom. The molecule has 0 aromatic heterocycles. The summed E-state index contributed by atoms with van der Waals surface area (Å²) in [5.41, 5.74) is 1.98. The fourth-order valence-electron chi connectivity index (χ4n) is 8.20. The topological polar surface area (TPSA) is 40.9 Å². The standard InChI is InChI=1S/C22H29NO/c1-12-8-16-17(21(2)6-4-13(24)9-18(12)21)5-7-22(3)19(11-23)14-10-15(14)20(16)22/h9,12,14-17,19-20H,4-8,10H2,1-3H3/t12-,14-,15+,16+,17-,19-,20-,21+,22+/m0/s1. The molecular formula is C22H29NO. The van der Waals surface area contributed by atoms with E-state index in [0.717, 1.165) is 36.5 Å². The molecule has 5 aliphatic carbocycles. The number of hydrogen-bond donors (Lipinski definition) is 0. The third-order valence-electron chi connectivity index (χ3n) is 9.21. The van der Waals surface area contributed by atoms with E-state index >= 15 is 0 Å². The maximum Gasteiger partial charge on any atom is 0.155 e. The fourth-order valence-corrected chi connectivity index (χ4v) is 8.20. The Hall–Kier alpha value is -1.10. The fraction of sp³-hybridized carbons (Fsp3) is 0.818. The number of carbonyl (C=O) groups excluding carboxylic acids is 1. The lowest BCUT2D eigenvalue weighted by molar-refractivity contribution is -0.118. The molecule has 4 fully saturated rings. The van der Waals surface area contributed by atoms with Crippen LogP contribution in [0, 0.1) is 63.6 Å². The SMILES string of the molecule is C[C@H]1C[C@H]2[C@@H]3[C@@H]4C[C@@H]4[C@H](C#N)[C@@]3(C)CC[C@@H]2[C@@]2(C)CCC(=O)C=C12. The lowest BCUT2D eigenvalue weighted by Gasteiger charge is -2.60. The first-order valence-electron chi connectivity index (χ1n) is 10.0. The van der Waals surface area contributed by atoms with Gasteiger partial charge in [0.25, 0.3) is 0 Å². The number of allylic oxidation sites excluding steroid dienone is 1. The highest BCUT2D eigenvalue weighted by Gasteiger charge is 2.70. The van der Waals surface area contributed by atoms with Crippen LogP contribution in [-0.2, 0) is 4.79 Å². The summed E-state index contributed by atoms with van der Waals surface area (Å²) in [5, 5.41) is 9.79. The lowest BCUT2D eigenvalue weighted by Crippen LogP contribution is -2.53. The summed E-state index contributed by atoms with van der Waals surface area (Å²) in [7, 11) is 0. The van der Waals surface area contributed by atoms with E-state index in [4.69, 9.17) is 0 Å². The third-order valence-corrected chi connectivity index (χ3v) is 9.21. The number of rotatable bonds is 0. The first-order chi connectivity index (χ1) is 11.4. The Bertz CT molecular complexity index is 687. The van der Waals surface area contributed by atoms with E-state index in [1.165, 1.54) is 31.3 Å². The maximum absolute atomic E-state index is 12.0. The molecule has 5 aliphatic rings. The molecular weight excluding hydrogens is 294 g/mol. The molecule has 0 amide bonds. The van der Waals surface area contributed by atoms with Crippen molar-refractivity contribution in [1.29, 1.82) is 5.26 Å². The van der Waals surface area contributed by atoms with Gasteiger partial charge in [0.2, 0.25) is 0 Å². The number of carbonyl (C=O) groups is 1. The number of nitrogens with zero attached hydrogens (tertiary/aromatic N) is 1. The first kappa shape index (κ1) is 15.2. The number of hydrogen-bond acceptors (Lipinski definition) is 2. The van der Waals surface area contributed by atoms with Crippen molar-refractivity contribution in [2.24, 2.45) is 52.3 Å². The van der Waals surface area contributed by atoms with Crippen LogP contribution in [0.1, 0.15) is 59.3 Å². The quantitative estimate of drug-likeness (QED) is 0.645. The summed E-state index contributed by atoms with van der Waals surface area (Å²) >= 11 is 0. The van der Waals surface area contributed by atoms with Gasteiger partial charge in [-0.2, -0.15) is 5.26 Å². The molecule has 0 spiro atoms.